The molecule has 0 aliphatic carbocycles. The molecule has 1 N–H and O–H groups in total. The standard InChI is InChI=1S/C20H24N2O6S/c1-5-18(19(23)21-17-12-7-6-11-16(17)20(24)28-3)22(29(4,25)26)14-9-8-10-15(13-14)27-2/h6-13,18H,5H2,1-4H3,(H,21,23)/t18-/m1/s1. The van der Waals surface area contributed by atoms with E-state index in [-0.39, 0.29) is 17.7 Å². The molecule has 2 aromatic rings. The van der Waals surface area contributed by atoms with Gasteiger partial charge in [-0.15, -0.1) is 0 Å². The lowest BCUT2D eigenvalue weighted by atomic mass is 10.1. The van der Waals surface area contributed by atoms with Crippen LogP contribution in [0.25, 0.3) is 0 Å². The van der Waals surface area contributed by atoms with E-state index in [1.807, 2.05) is 0 Å². The molecule has 9 heteroatoms. The minimum absolute atomic E-state index is 0.172. The zero-order chi connectivity index (χ0) is 21.6. The Kier molecular flexibility index (Phi) is 7.22. The molecule has 2 aromatic carbocycles. The predicted molar refractivity (Wildman–Crippen MR) is 111 cm³/mol. The third kappa shape index (κ3) is 5.26. The number of amides is 1. The fraction of sp³-hybridized carbons (Fsp3) is 0.300. The van der Waals surface area contributed by atoms with Crippen LogP contribution in [0, 0.1) is 0 Å². The number of hydrogen-bond acceptors (Lipinski definition) is 6. The Morgan fingerprint density at radius 2 is 1.79 bits per heavy atom. The third-order valence-electron chi connectivity index (χ3n) is 4.23. The van der Waals surface area contributed by atoms with E-state index < -0.39 is 27.9 Å². The Balaban J connectivity index is 2.43. The van der Waals surface area contributed by atoms with Crippen molar-refractivity contribution >= 4 is 33.3 Å². The summed E-state index contributed by atoms with van der Waals surface area (Å²) in [6.07, 6.45) is 1.24. The molecular formula is C20H24N2O6S. The highest BCUT2D eigenvalue weighted by Crippen LogP contribution is 2.27. The molecule has 156 valence electrons. The smallest absolute Gasteiger partial charge is 0.339 e. The molecule has 0 aliphatic heterocycles. The number of carbonyl (C=O) groups excluding carboxylic acids is 2. The van der Waals surface area contributed by atoms with Crippen LogP contribution in [-0.2, 0) is 19.6 Å². The van der Waals surface area contributed by atoms with Gasteiger partial charge in [-0.1, -0.05) is 25.1 Å². The number of esters is 1. The Bertz CT molecular complexity index is 990. The lowest BCUT2D eigenvalue weighted by molar-refractivity contribution is -0.117. The topological polar surface area (TPSA) is 102 Å². The van der Waals surface area contributed by atoms with Crippen molar-refractivity contribution in [2.45, 2.75) is 19.4 Å². The molecule has 0 fully saturated rings. The van der Waals surface area contributed by atoms with E-state index in [1.54, 1.807) is 49.4 Å². The first-order valence-corrected chi connectivity index (χ1v) is 10.7. The van der Waals surface area contributed by atoms with Gasteiger partial charge in [0.25, 0.3) is 0 Å². The summed E-state index contributed by atoms with van der Waals surface area (Å²) in [6, 6.07) is 11.8. The van der Waals surface area contributed by atoms with E-state index >= 15 is 0 Å². The predicted octanol–water partition coefficient (Wildman–Crippen LogP) is 2.67. The monoisotopic (exact) mass is 420 g/mol. The summed E-state index contributed by atoms with van der Waals surface area (Å²) in [5.74, 6) is -0.721. The van der Waals surface area contributed by atoms with Crippen LogP contribution in [0.3, 0.4) is 0 Å². The van der Waals surface area contributed by atoms with Gasteiger partial charge in [-0.3, -0.25) is 9.10 Å². The van der Waals surface area contributed by atoms with Crippen molar-refractivity contribution in [3.63, 3.8) is 0 Å². The first kappa shape index (κ1) is 22.2. The van der Waals surface area contributed by atoms with Crippen LogP contribution in [0.4, 0.5) is 11.4 Å². The van der Waals surface area contributed by atoms with Crippen molar-refractivity contribution in [2.75, 3.05) is 30.1 Å². The molecule has 0 spiro atoms. The summed E-state index contributed by atoms with van der Waals surface area (Å²) in [7, 11) is -1.09. The minimum Gasteiger partial charge on any atom is -0.497 e. The largest absolute Gasteiger partial charge is 0.497 e. The van der Waals surface area contributed by atoms with Gasteiger partial charge in [-0.2, -0.15) is 0 Å². The highest BCUT2D eigenvalue weighted by molar-refractivity contribution is 7.92. The SMILES string of the molecule is CC[C@H](C(=O)Nc1ccccc1C(=O)OC)N(c1cccc(OC)c1)S(C)(=O)=O. The van der Waals surface area contributed by atoms with Gasteiger partial charge in [-0.05, 0) is 30.7 Å². The molecule has 0 aromatic heterocycles. The molecule has 0 unspecified atom stereocenters. The van der Waals surface area contributed by atoms with Gasteiger partial charge >= 0.3 is 5.97 Å². The summed E-state index contributed by atoms with van der Waals surface area (Å²) >= 11 is 0. The lowest BCUT2D eigenvalue weighted by Gasteiger charge is -2.30. The molecule has 0 saturated carbocycles. The van der Waals surface area contributed by atoms with Gasteiger partial charge in [0.2, 0.25) is 15.9 Å². The van der Waals surface area contributed by atoms with Crippen LogP contribution in [0.15, 0.2) is 48.5 Å². The molecule has 1 atom stereocenters. The highest BCUT2D eigenvalue weighted by atomic mass is 32.2. The minimum atomic E-state index is -3.80. The number of para-hydroxylation sites is 1. The second-order valence-electron chi connectivity index (χ2n) is 6.21. The van der Waals surface area contributed by atoms with Crippen LogP contribution in [0.2, 0.25) is 0 Å². The van der Waals surface area contributed by atoms with Crippen molar-refractivity contribution in [3.05, 3.63) is 54.1 Å². The van der Waals surface area contributed by atoms with Crippen molar-refractivity contribution in [1.82, 2.24) is 0 Å². The average Bonchev–Trinajstić information content (AvgIpc) is 2.70. The summed E-state index contributed by atoms with van der Waals surface area (Å²) in [5.41, 5.74) is 0.711. The molecule has 8 nitrogen and oxygen atoms in total. The van der Waals surface area contributed by atoms with Gasteiger partial charge in [0.05, 0.1) is 37.4 Å². The maximum atomic E-state index is 13.0. The number of carbonyl (C=O) groups is 2. The van der Waals surface area contributed by atoms with E-state index in [0.717, 1.165) is 10.6 Å². The Morgan fingerprint density at radius 3 is 2.38 bits per heavy atom. The number of ether oxygens (including phenoxy) is 2. The van der Waals surface area contributed by atoms with Gasteiger partial charge in [-0.25, -0.2) is 13.2 Å². The molecule has 0 radical (unpaired) electrons. The Hall–Kier alpha value is -3.07. The molecular weight excluding hydrogens is 396 g/mol. The summed E-state index contributed by atoms with van der Waals surface area (Å²) < 4.78 is 36.0. The van der Waals surface area contributed by atoms with Crippen LogP contribution < -0.4 is 14.4 Å². The lowest BCUT2D eigenvalue weighted by Crippen LogP contribution is -2.47. The molecule has 1 amide bonds. The molecule has 0 aliphatic rings. The number of rotatable bonds is 8. The fourth-order valence-corrected chi connectivity index (χ4v) is 4.11. The van der Waals surface area contributed by atoms with E-state index in [4.69, 9.17) is 9.47 Å². The third-order valence-corrected chi connectivity index (χ3v) is 5.41. The zero-order valence-electron chi connectivity index (χ0n) is 16.7. The number of anilines is 2. The second kappa shape index (κ2) is 9.42. The molecule has 0 bridgehead atoms. The van der Waals surface area contributed by atoms with Crippen molar-refractivity contribution in [3.8, 4) is 5.75 Å². The first-order valence-electron chi connectivity index (χ1n) is 8.84. The number of hydrogen-bond donors (Lipinski definition) is 1. The van der Waals surface area contributed by atoms with Crippen molar-refractivity contribution in [1.29, 1.82) is 0 Å². The van der Waals surface area contributed by atoms with Gasteiger partial charge in [0.1, 0.15) is 11.8 Å². The van der Waals surface area contributed by atoms with Crippen molar-refractivity contribution < 1.29 is 27.5 Å². The molecule has 0 heterocycles. The molecule has 2 rings (SSSR count). The summed E-state index contributed by atoms with van der Waals surface area (Å²) in [4.78, 5) is 25.0. The summed E-state index contributed by atoms with van der Waals surface area (Å²) in [5, 5.41) is 2.65. The molecule has 29 heavy (non-hydrogen) atoms. The number of nitrogens with zero attached hydrogens (tertiary/aromatic N) is 1. The van der Waals surface area contributed by atoms with E-state index in [2.05, 4.69) is 5.32 Å². The Labute approximate surface area is 170 Å². The second-order valence-corrected chi connectivity index (χ2v) is 8.07. The van der Waals surface area contributed by atoms with Crippen LogP contribution in [0.1, 0.15) is 23.7 Å². The maximum absolute atomic E-state index is 13.0. The number of methoxy groups -OCH3 is 2. The highest BCUT2D eigenvalue weighted by Gasteiger charge is 2.32. The quantitative estimate of drug-likeness (QED) is 0.659. The van der Waals surface area contributed by atoms with E-state index in [9.17, 15) is 18.0 Å². The first-order chi connectivity index (χ1) is 13.7. The van der Waals surface area contributed by atoms with E-state index in [0.29, 0.717) is 11.4 Å². The van der Waals surface area contributed by atoms with E-state index in [1.165, 1.54) is 20.3 Å². The average molecular weight is 420 g/mol. The molecule has 0 saturated heterocycles. The zero-order valence-corrected chi connectivity index (χ0v) is 17.5. The number of benzene rings is 2. The van der Waals surface area contributed by atoms with Crippen molar-refractivity contribution in [2.24, 2.45) is 0 Å². The Morgan fingerprint density at radius 1 is 1.10 bits per heavy atom. The summed E-state index contributed by atoms with van der Waals surface area (Å²) in [6.45, 7) is 1.70. The fourth-order valence-electron chi connectivity index (χ4n) is 2.90. The normalized spacial score (nSPS) is 12.0. The van der Waals surface area contributed by atoms with Gasteiger partial charge < -0.3 is 14.8 Å². The van der Waals surface area contributed by atoms with Crippen LogP contribution in [0.5, 0.6) is 5.75 Å². The number of sulfonamides is 1. The van der Waals surface area contributed by atoms with Crippen LogP contribution >= 0.6 is 0 Å². The van der Waals surface area contributed by atoms with Crippen LogP contribution in [-0.4, -0.2) is 46.8 Å². The van der Waals surface area contributed by atoms with Gasteiger partial charge in [0.15, 0.2) is 0 Å². The number of nitrogens with one attached hydrogen (secondary N) is 1. The van der Waals surface area contributed by atoms with Gasteiger partial charge in [0, 0.05) is 6.07 Å². The maximum Gasteiger partial charge on any atom is 0.339 e.